The van der Waals surface area contributed by atoms with Crippen LogP contribution in [0, 0.1) is 0 Å². The molecule has 0 aliphatic heterocycles. The summed E-state index contributed by atoms with van der Waals surface area (Å²) in [5.41, 5.74) is 3.84. The summed E-state index contributed by atoms with van der Waals surface area (Å²) in [4.78, 5) is 24.1. The fourth-order valence-corrected chi connectivity index (χ4v) is 4.00. The molecule has 0 aliphatic carbocycles. The quantitative estimate of drug-likeness (QED) is 0.0545. The number of hydrogen-bond acceptors (Lipinski definition) is 10. The lowest BCUT2D eigenvalue weighted by atomic mass is 10.1. The molecule has 236 valence electrons. The van der Waals surface area contributed by atoms with Crippen LogP contribution in [-0.4, -0.2) is 45.4 Å². The van der Waals surface area contributed by atoms with Gasteiger partial charge in [-0.05, 0) is 85.6 Å². The number of unbranched alkanes of at least 4 members (excludes halogenated alkanes) is 5. The van der Waals surface area contributed by atoms with Crippen molar-refractivity contribution in [2.75, 3.05) is 38.3 Å². The molecular formula is C35H41N5O5. The van der Waals surface area contributed by atoms with Crippen molar-refractivity contribution in [3.8, 4) is 5.75 Å². The van der Waals surface area contributed by atoms with Crippen molar-refractivity contribution >= 4 is 40.4 Å². The number of nitrogens with zero attached hydrogens (tertiary/aromatic N) is 5. The van der Waals surface area contributed by atoms with Crippen LogP contribution >= 0.6 is 0 Å². The number of rotatable bonds is 20. The molecule has 3 aromatic carbocycles. The highest BCUT2D eigenvalue weighted by atomic mass is 16.5. The minimum atomic E-state index is -0.429. The first-order chi connectivity index (χ1) is 22.0. The minimum Gasteiger partial charge on any atom is -0.494 e. The van der Waals surface area contributed by atoms with E-state index in [1.807, 2.05) is 84.7 Å². The number of hydrogen-bond donors (Lipinski definition) is 0. The minimum absolute atomic E-state index is 0.281. The number of anilines is 1. The van der Waals surface area contributed by atoms with Gasteiger partial charge in [0, 0.05) is 24.9 Å². The number of likely N-dealkylation sites (N-methyl/N-ethyl adjacent to an activating group) is 1. The van der Waals surface area contributed by atoms with Crippen LogP contribution in [0.4, 0.5) is 28.4 Å². The summed E-state index contributed by atoms with van der Waals surface area (Å²) in [6, 6.07) is 22.5. The average molecular weight is 612 g/mol. The van der Waals surface area contributed by atoms with Crippen molar-refractivity contribution in [2.45, 2.75) is 38.5 Å². The molecule has 3 aromatic rings. The van der Waals surface area contributed by atoms with Gasteiger partial charge in [-0.25, -0.2) is 9.59 Å². The van der Waals surface area contributed by atoms with Crippen LogP contribution < -0.4 is 9.64 Å². The van der Waals surface area contributed by atoms with Gasteiger partial charge in [-0.2, -0.15) is 20.5 Å². The Morgan fingerprint density at radius 1 is 0.600 bits per heavy atom. The molecule has 0 bridgehead atoms. The van der Waals surface area contributed by atoms with Crippen LogP contribution in [0.25, 0.3) is 0 Å². The zero-order chi connectivity index (χ0) is 32.1. The third kappa shape index (κ3) is 13.8. The Balaban J connectivity index is 1.34. The fraction of sp³-hybridized carbons (Fsp3) is 0.314. The fourth-order valence-electron chi connectivity index (χ4n) is 4.00. The highest BCUT2D eigenvalue weighted by molar-refractivity contribution is 5.81. The number of carbonyl (C=O) groups is 2. The third-order valence-electron chi connectivity index (χ3n) is 6.59. The van der Waals surface area contributed by atoms with Gasteiger partial charge in [-0.15, -0.1) is 0 Å². The van der Waals surface area contributed by atoms with Gasteiger partial charge in [0.05, 0.1) is 42.5 Å². The standard InChI is InChI=1S/C35H41N5O5/c1-4-34(41)44-26-11-9-7-6-8-10-25-43-33-22-18-31(19-23-33)39-37-29-14-12-28(13-15-29)36-38-30-16-20-32(21-17-30)40(3)24-27-45-35(42)5-2/h4-5,12-23H,1-2,6-11,24-27H2,3H3. The number of ether oxygens (including phenoxy) is 3. The first-order valence-corrected chi connectivity index (χ1v) is 15.0. The van der Waals surface area contributed by atoms with Crippen molar-refractivity contribution in [1.82, 2.24) is 0 Å². The van der Waals surface area contributed by atoms with Crippen LogP contribution in [0.5, 0.6) is 5.75 Å². The summed E-state index contributed by atoms with van der Waals surface area (Å²) in [5.74, 6) is 0.0187. The van der Waals surface area contributed by atoms with Gasteiger partial charge >= 0.3 is 11.9 Å². The van der Waals surface area contributed by atoms with Gasteiger partial charge in [-0.3, -0.25) is 0 Å². The summed E-state index contributed by atoms with van der Waals surface area (Å²) >= 11 is 0. The number of azo groups is 2. The molecule has 0 heterocycles. The molecule has 0 fully saturated rings. The van der Waals surface area contributed by atoms with E-state index in [0.29, 0.717) is 31.1 Å². The largest absolute Gasteiger partial charge is 0.494 e. The highest BCUT2D eigenvalue weighted by Crippen LogP contribution is 2.25. The summed E-state index contributed by atoms with van der Waals surface area (Å²) < 4.78 is 15.8. The molecule has 0 radical (unpaired) electrons. The normalized spacial score (nSPS) is 11.0. The van der Waals surface area contributed by atoms with E-state index in [2.05, 4.69) is 33.6 Å². The molecule has 0 aromatic heterocycles. The lowest BCUT2D eigenvalue weighted by molar-refractivity contribution is -0.138. The first-order valence-electron chi connectivity index (χ1n) is 15.0. The molecule has 3 rings (SSSR count). The summed E-state index contributed by atoms with van der Waals surface area (Å²) in [6.07, 6.45) is 8.61. The van der Waals surface area contributed by atoms with E-state index in [4.69, 9.17) is 14.2 Å². The summed E-state index contributed by atoms with van der Waals surface area (Å²) in [6.45, 7) is 8.74. The van der Waals surface area contributed by atoms with E-state index < -0.39 is 5.97 Å². The molecule has 45 heavy (non-hydrogen) atoms. The number of esters is 2. The predicted molar refractivity (Wildman–Crippen MR) is 176 cm³/mol. The monoisotopic (exact) mass is 611 g/mol. The van der Waals surface area contributed by atoms with Crippen LogP contribution in [0.15, 0.2) is 119 Å². The van der Waals surface area contributed by atoms with Gasteiger partial charge < -0.3 is 19.1 Å². The molecule has 10 heteroatoms. The van der Waals surface area contributed by atoms with E-state index >= 15 is 0 Å². The molecule has 0 saturated heterocycles. The van der Waals surface area contributed by atoms with Crippen molar-refractivity contribution < 1.29 is 23.8 Å². The molecule has 0 saturated carbocycles. The zero-order valence-corrected chi connectivity index (χ0v) is 25.8. The molecule has 10 nitrogen and oxygen atoms in total. The first kappa shape index (κ1) is 34.4. The van der Waals surface area contributed by atoms with E-state index in [1.165, 1.54) is 6.08 Å². The Bertz CT molecular complexity index is 1400. The van der Waals surface area contributed by atoms with Crippen molar-refractivity contribution in [2.24, 2.45) is 20.5 Å². The third-order valence-corrected chi connectivity index (χ3v) is 6.59. The maximum absolute atomic E-state index is 11.2. The Morgan fingerprint density at radius 2 is 1.00 bits per heavy atom. The molecular weight excluding hydrogens is 570 g/mol. The zero-order valence-electron chi connectivity index (χ0n) is 25.8. The number of benzene rings is 3. The van der Waals surface area contributed by atoms with Gasteiger partial charge in [0.1, 0.15) is 12.4 Å². The van der Waals surface area contributed by atoms with Crippen LogP contribution in [-0.2, 0) is 19.1 Å². The Kier molecular flexibility index (Phi) is 15.2. The second kappa shape index (κ2) is 20.0. The predicted octanol–water partition coefficient (Wildman–Crippen LogP) is 9.13. The Hall–Kier alpha value is -5.12. The smallest absolute Gasteiger partial charge is 0.330 e. The molecule has 0 aliphatic rings. The van der Waals surface area contributed by atoms with Gasteiger partial charge in [0.2, 0.25) is 0 Å². The number of carbonyl (C=O) groups excluding carboxylic acids is 2. The summed E-state index contributed by atoms with van der Waals surface area (Å²) in [5, 5.41) is 17.2. The van der Waals surface area contributed by atoms with Crippen LogP contribution in [0.3, 0.4) is 0 Å². The van der Waals surface area contributed by atoms with E-state index in [-0.39, 0.29) is 12.6 Å². The molecule has 0 unspecified atom stereocenters. The maximum atomic E-state index is 11.2. The molecule has 0 spiro atoms. The second-order valence-electron chi connectivity index (χ2n) is 10.1. The molecule has 0 amide bonds. The maximum Gasteiger partial charge on any atom is 0.330 e. The molecule has 0 N–H and O–H groups in total. The van der Waals surface area contributed by atoms with E-state index in [0.717, 1.165) is 67.4 Å². The van der Waals surface area contributed by atoms with Gasteiger partial charge in [0.15, 0.2) is 0 Å². The van der Waals surface area contributed by atoms with Crippen LogP contribution in [0.1, 0.15) is 38.5 Å². The Morgan fingerprint density at radius 3 is 1.49 bits per heavy atom. The average Bonchev–Trinajstić information content (AvgIpc) is 3.08. The van der Waals surface area contributed by atoms with E-state index in [1.54, 1.807) is 0 Å². The Labute approximate surface area is 265 Å². The van der Waals surface area contributed by atoms with Crippen LogP contribution in [0.2, 0.25) is 0 Å². The van der Waals surface area contributed by atoms with E-state index in [9.17, 15) is 9.59 Å². The van der Waals surface area contributed by atoms with Crippen molar-refractivity contribution in [3.63, 3.8) is 0 Å². The lowest BCUT2D eigenvalue weighted by Gasteiger charge is -2.18. The van der Waals surface area contributed by atoms with Crippen molar-refractivity contribution in [3.05, 3.63) is 98.1 Å². The second-order valence-corrected chi connectivity index (χ2v) is 10.1. The van der Waals surface area contributed by atoms with Gasteiger partial charge in [-0.1, -0.05) is 38.8 Å². The van der Waals surface area contributed by atoms with Crippen molar-refractivity contribution in [1.29, 1.82) is 0 Å². The topological polar surface area (TPSA) is 115 Å². The SMILES string of the molecule is C=CC(=O)OCCCCCCCCOc1ccc(N=Nc2ccc(N=Nc3ccc(N(C)CCOC(=O)C=C)cc3)cc2)cc1. The molecule has 0 atom stereocenters. The lowest BCUT2D eigenvalue weighted by Crippen LogP contribution is -2.23. The van der Waals surface area contributed by atoms with Gasteiger partial charge in [0.25, 0.3) is 0 Å². The highest BCUT2D eigenvalue weighted by Gasteiger charge is 2.03. The summed E-state index contributed by atoms with van der Waals surface area (Å²) in [7, 11) is 1.92.